The van der Waals surface area contributed by atoms with Crippen LogP contribution in [0.4, 0.5) is 0 Å². The molecule has 0 saturated heterocycles. The van der Waals surface area contributed by atoms with Crippen LogP contribution < -0.4 is 14.2 Å². The van der Waals surface area contributed by atoms with Gasteiger partial charge in [0, 0.05) is 19.6 Å². The summed E-state index contributed by atoms with van der Waals surface area (Å²) in [6.45, 7) is 14.4. The molecule has 3 aromatic rings. The number of ether oxygens (including phenoxy) is 6. The second-order valence-corrected chi connectivity index (χ2v) is 17.8. The first-order chi connectivity index (χ1) is 31.7. The van der Waals surface area contributed by atoms with E-state index in [2.05, 4.69) is 98.5 Å². The third-order valence-corrected chi connectivity index (χ3v) is 12.0. The maximum absolute atomic E-state index is 6.08. The van der Waals surface area contributed by atoms with Crippen molar-refractivity contribution in [3.63, 3.8) is 0 Å². The van der Waals surface area contributed by atoms with E-state index in [9.17, 15) is 0 Å². The molecule has 0 bridgehead atoms. The molecule has 0 aliphatic heterocycles. The van der Waals surface area contributed by atoms with Crippen LogP contribution in [0.5, 0.6) is 17.2 Å². The van der Waals surface area contributed by atoms with Gasteiger partial charge in [-0.2, -0.15) is 0 Å². The van der Waals surface area contributed by atoms with E-state index in [1.807, 2.05) is 0 Å². The van der Waals surface area contributed by atoms with E-state index < -0.39 is 0 Å². The monoisotopic (exact) mass is 888 g/mol. The lowest BCUT2D eigenvalue weighted by atomic mass is 10.0. The van der Waals surface area contributed by atoms with Crippen molar-refractivity contribution in [2.75, 3.05) is 79.1 Å². The van der Waals surface area contributed by atoms with Crippen molar-refractivity contribution in [3.05, 3.63) is 89.5 Å². The first-order valence-electron chi connectivity index (χ1n) is 26.3. The van der Waals surface area contributed by atoms with Crippen molar-refractivity contribution in [1.82, 2.24) is 4.90 Å². The standard InChI is InChI=1S/C57H93NO6/c1-4-7-10-13-16-19-22-28-52-31-25-34-55(49-52)62-46-43-59-40-37-58(38-41-60-44-47-63-56-35-26-32-53(50-56)29-23-20-17-14-11-8-5-2)39-42-61-45-48-64-57-36-27-33-54(51-57)30-24-21-18-15-12-9-6-3/h25-27,31-36,49-51H,4-24,28-30,37-48H2,1-3H3. The zero-order valence-corrected chi connectivity index (χ0v) is 41.3. The van der Waals surface area contributed by atoms with Gasteiger partial charge < -0.3 is 28.4 Å². The van der Waals surface area contributed by atoms with E-state index in [1.54, 1.807) is 0 Å². The normalized spacial score (nSPS) is 11.4. The van der Waals surface area contributed by atoms with Gasteiger partial charge in [-0.3, -0.25) is 4.90 Å². The van der Waals surface area contributed by atoms with Crippen molar-refractivity contribution in [1.29, 1.82) is 0 Å². The van der Waals surface area contributed by atoms with Gasteiger partial charge in [-0.15, -0.1) is 0 Å². The molecule has 0 spiro atoms. The molecule has 0 heterocycles. The van der Waals surface area contributed by atoms with E-state index in [0.717, 1.165) is 56.1 Å². The van der Waals surface area contributed by atoms with Gasteiger partial charge in [0.25, 0.3) is 0 Å². The van der Waals surface area contributed by atoms with Crippen LogP contribution in [0.25, 0.3) is 0 Å². The first kappa shape index (κ1) is 55.2. The molecule has 0 amide bonds. The molecular formula is C57H93NO6. The fourth-order valence-corrected chi connectivity index (χ4v) is 8.11. The fourth-order valence-electron chi connectivity index (χ4n) is 8.11. The van der Waals surface area contributed by atoms with Crippen LogP contribution in [0, 0.1) is 0 Å². The molecule has 0 N–H and O–H groups in total. The zero-order valence-electron chi connectivity index (χ0n) is 41.3. The number of unbranched alkanes of at least 4 members (excludes halogenated alkanes) is 18. The molecule has 0 atom stereocenters. The number of benzene rings is 3. The van der Waals surface area contributed by atoms with Gasteiger partial charge in [0.05, 0.1) is 39.6 Å². The summed E-state index contributed by atoms with van der Waals surface area (Å²) in [4.78, 5) is 2.36. The summed E-state index contributed by atoms with van der Waals surface area (Å²) in [5, 5.41) is 0. The molecule has 0 fully saturated rings. The van der Waals surface area contributed by atoms with Gasteiger partial charge in [0.2, 0.25) is 0 Å². The molecule has 7 heteroatoms. The second kappa shape index (κ2) is 40.2. The number of nitrogens with zero attached hydrogens (tertiary/aromatic N) is 1. The van der Waals surface area contributed by atoms with E-state index >= 15 is 0 Å². The van der Waals surface area contributed by atoms with Gasteiger partial charge in [0.15, 0.2) is 0 Å². The Morgan fingerprint density at radius 3 is 0.891 bits per heavy atom. The first-order valence-corrected chi connectivity index (χ1v) is 26.3. The SMILES string of the molecule is CCCCCCCCCc1cccc(OCCOCCN(CCOCCOc2cccc(CCCCCCCCC)c2)CCOCCOc2cccc(CCCCCCCCC)c2)c1. The summed E-state index contributed by atoms with van der Waals surface area (Å²) in [6.07, 6.45) is 31.3. The summed E-state index contributed by atoms with van der Waals surface area (Å²) >= 11 is 0. The highest BCUT2D eigenvalue weighted by atomic mass is 16.5. The number of hydrogen-bond acceptors (Lipinski definition) is 7. The molecular weight excluding hydrogens is 795 g/mol. The molecule has 0 aliphatic rings. The molecule has 362 valence electrons. The minimum atomic E-state index is 0.539. The van der Waals surface area contributed by atoms with Crippen LogP contribution in [0.1, 0.15) is 172 Å². The largest absolute Gasteiger partial charge is 0.491 e. The van der Waals surface area contributed by atoms with E-state index in [4.69, 9.17) is 28.4 Å². The van der Waals surface area contributed by atoms with Crippen LogP contribution in [0.15, 0.2) is 72.8 Å². The lowest BCUT2D eigenvalue weighted by molar-refractivity contribution is 0.0367. The predicted molar refractivity (Wildman–Crippen MR) is 270 cm³/mol. The summed E-state index contributed by atoms with van der Waals surface area (Å²) in [7, 11) is 0. The average molecular weight is 888 g/mol. The topological polar surface area (TPSA) is 58.6 Å². The predicted octanol–water partition coefficient (Wildman–Crippen LogP) is 14.5. The van der Waals surface area contributed by atoms with Crippen molar-refractivity contribution in [3.8, 4) is 17.2 Å². The van der Waals surface area contributed by atoms with E-state index in [0.29, 0.717) is 59.5 Å². The molecule has 0 unspecified atom stereocenters. The molecule has 0 saturated carbocycles. The second-order valence-electron chi connectivity index (χ2n) is 17.8. The van der Waals surface area contributed by atoms with Gasteiger partial charge in [-0.1, -0.05) is 173 Å². The van der Waals surface area contributed by atoms with E-state index in [-0.39, 0.29) is 0 Å². The third kappa shape index (κ3) is 30.2. The highest BCUT2D eigenvalue weighted by Gasteiger charge is 2.07. The highest BCUT2D eigenvalue weighted by molar-refractivity contribution is 5.30. The van der Waals surface area contributed by atoms with Crippen LogP contribution >= 0.6 is 0 Å². The maximum atomic E-state index is 6.08. The molecule has 0 radical (unpaired) electrons. The van der Waals surface area contributed by atoms with Crippen molar-refractivity contribution < 1.29 is 28.4 Å². The Kier molecular flexibility index (Phi) is 34.7. The average Bonchev–Trinajstić information content (AvgIpc) is 3.31. The lowest BCUT2D eigenvalue weighted by Crippen LogP contribution is -2.34. The van der Waals surface area contributed by atoms with Crippen molar-refractivity contribution in [2.24, 2.45) is 0 Å². The summed E-state index contributed by atoms with van der Waals surface area (Å²) in [5.41, 5.74) is 4.07. The van der Waals surface area contributed by atoms with Crippen LogP contribution in [0.2, 0.25) is 0 Å². The summed E-state index contributed by atoms with van der Waals surface area (Å²) < 4.78 is 36.4. The summed E-state index contributed by atoms with van der Waals surface area (Å²) in [6, 6.07) is 25.7. The molecule has 0 aliphatic carbocycles. The number of hydrogen-bond donors (Lipinski definition) is 0. The van der Waals surface area contributed by atoms with Gasteiger partial charge in [-0.05, 0) is 91.6 Å². The molecule has 3 rings (SSSR count). The van der Waals surface area contributed by atoms with Crippen molar-refractivity contribution >= 4 is 0 Å². The Labute approximate surface area is 392 Å². The Morgan fingerprint density at radius 2 is 0.594 bits per heavy atom. The minimum Gasteiger partial charge on any atom is -0.491 e. The van der Waals surface area contributed by atoms with Gasteiger partial charge in [0.1, 0.15) is 37.1 Å². The Balaban J connectivity index is 1.33. The molecule has 3 aromatic carbocycles. The molecule has 7 nitrogen and oxygen atoms in total. The third-order valence-electron chi connectivity index (χ3n) is 12.0. The number of aryl methyl sites for hydroxylation is 3. The van der Waals surface area contributed by atoms with Gasteiger partial charge >= 0.3 is 0 Å². The van der Waals surface area contributed by atoms with Crippen LogP contribution in [-0.4, -0.2) is 84.0 Å². The van der Waals surface area contributed by atoms with Gasteiger partial charge in [-0.25, -0.2) is 0 Å². The molecule has 0 aromatic heterocycles. The maximum Gasteiger partial charge on any atom is 0.119 e. The Morgan fingerprint density at radius 1 is 0.312 bits per heavy atom. The Bertz CT molecular complexity index is 1310. The fraction of sp³-hybridized carbons (Fsp3) is 0.684. The highest BCUT2D eigenvalue weighted by Crippen LogP contribution is 2.19. The smallest absolute Gasteiger partial charge is 0.119 e. The van der Waals surface area contributed by atoms with E-state index in [1.165, 1.54) is 152 Å². The lowest BCUT2D eigenvalue weighted by Gasteiger charge is -2.22. The molecule has 64 heavy (non-hydrogen) atoms. The Hall–Kier alpha value is -3.10. The van der Waals surface area contributed by atoms with Crippen LogP contribution in [-0.2, 0) is 33.5 Å². The zero-order chi connectivity index (χ0) is 45.2. The van der Waals surface area contributed by atoms with Crippen molar-refractivity contribution in [2.45, 2.75) is 175 Å². The quantitative estimate of drug-likeness (QED) is 0.0524. The minimum absolute atomic E-state index is 0.539. The summed E-state index contributed by atoms with van der Waals surface area (Å²) in [5.74, 6) is 2.79. The van der Waals surface area contributed by atoms with Crippen LogP contribution in [0.3, 0.4) is 0 Å². The number of rotatable bonds is 45.